The van der Waals surface area contributed by atoms with Gasteiger partial charge in [0.25, 0.3) is 0 Å². The highest BCUT2D eigenvalue weighted by molar-refractivity contribution is 7.19. The fourth-order valence-corrected chi connectivity index (χ4v) is 3.31. The van der Waals surface area contributed by atoms with Crippen molar-refractivity contribution in [3.05, 3.63) is 30.1 Å². The van der Waals surface area contributed by atoms with Gasteiger partial charge >= 0.3 is 0 Å². The summed E-state index contributed by atoms with van der Waals surface area (Å²) < 4.78 is 13.8. The second kappa shape index (κ2) is 5.76. The molecule has 105 valence electrons. The number of hydrogen-bond acceptors (Lipinski definition) is 5. The Kier molecular flexibility index (Phi) is 3.84. The van der Waals surface area contributed by atoms with Gasteiger partial charge < -0.3 is 16.4 Å². The Balaban J connectivity index is 1.82. The van der Waals surface area contributed by atoms with Gasteiger partial charge in [0.1, 0.15) is 11.6 Å². The van der Waals surface area contributed by atoms with Crippen molar-refractivity contribution >= 4 is 22.3 Å². The van der Waals surface area contributed by atoms with Gasteiger partial charge in [0, 0.05) is 11.6 Å². The summed E-state index contributed by atoms with van der Waals surface area (Å²) in [5, 5.41) is 7.46. The molecule has 1 fully saturated rings. The van der Waals surface area contributed by atoms with Crippen LogP contribution in [0.15, 0.2) is 18.2 Å². The van der Waals surface area contributed by atoms with Crippen LogP contribution in [0.4, 0.5) is 15.3 Å². The molecular formula is C14H16FN4S. The van der Waals surface area contributed by atoms with Crippen molar-refractivity contribution in [1.29, 1.82) is 0 Å². The van der Waals surface area contributed by atoms with E-state index in [0.29, 0.717) is 22.3 Å². The molecule has 20 heavy (non-hydrogen) atoms. The molecule has 0 bridgehead atoms. The molecule has 6 heteroatoms. The van der Waals surface area contributed by atoms with Crippen LogP contribution >= 0.6 is 11.3 Å². The molecule has 2 heterocycles. The number of nitrogens with one attached hydrogen (secondary N) is 2. The summed E-state index contributed by atoms with van der Waals surface area (Å²) in [4.78, 5) is 4.98. The van der Waals surface area contributed by atoms with E-state index in [2.05, 4.69) is 21.7 Å². The fraction of sp³-hybridized carbons (Fsp3) is 0.357. The molecule has 0 aliphatic carbocycles. The SMILES string of the molecule is Nc1nc(NC2CCNCC2)sc1-c1cc[c]cc1F. The normalized spacial score (nSPS) is 16.2. The summed E-state index contributed by atoms with van der Waals surface area (Å²) in [6, 6.07) is 7.78. The van der Waals surface area contributed by atoms with Gasteiger partial charge in [0.05, 0.1) is 4.88 Å². The molecule has 0 atom stereocenters. The van der Waals surface area contributed by atoms with E-state index in [4.69, 9.17) is 5.73 Å². The van der Waals surface area contributed by atoms with Crippen molar-refractivity contribution in [1.82, 2.24) is 10.3 Å². The number of nitrogens with two attached hydrogens (primary N) is 1. The third-order valence-corrected chi connectivity index (χ3v) is 4.41. The summed E-state index contributed by atoms with van der Waals surface area (Å²) in [7, 11) is 0. The first-order valence-corrected chi connectivity index (χ1v) is 7.45. The fourth-order valence-electron chi connectivity index (χ4n) is 2.32. The third-order valence-electron chi connectivity index (χ3n) is 3.38. The second-order valence-corrected chi connectivity index (χ2v) is 5.81. The van der Waals surface area contributed by atoms with Crippen LogP contribution < -0.4 is 16.4 Å². The Morgan fingerprint density at radius 1 is 1.45 bits per heavy atom. The molecule has 1 aromatic carbocycles. The van der Waals surface area contributed by atoms with Gasteiger partial charge in [0.2, 0.25) is 0 Å². The number of rotatable bonds is 3. The zero-order chi connectivity index (χ0) is 13.9. The smallest absolute Gasteiger partial charge is 0.185 e. The van der Waals surface area contributed by atoms with Crippen LogP contribution in [0, 0.1) is 11.9 Å². The minimum Gasteiger partial charge on any atom is -0.382 e. The second-order valence-electron chi connectivity index (χ2n) is 4.81. The van der Waals surface area contributed by atoms with Crippen molar-refractivity contribution in [2.45, 2.75) is 18.9 Å². The van der Waals surface area contributed by atoms with Crippen LogP contribution in [-0.2, 0) is 0 Å². The maximum Gasteiger partial charge on any atom is 0.185 e. The van der Waals surface area contributed by atoms with Gasteiger partial charge in [-0.2, -0.15) is 0 Å². The van der Waals surface area contributed by atoms with Crippen LogP contribution in [0.2, 0.25) is 0 Å². The van der Waals surface area contributed by atoms with Crippen molar-refractivity contribution in [3.8, 4) is 10.4 Å². The Hall–Kier alpha value is -1.66. The highest BCUT2D eigenvalue weighted by Crippen LogP contribution is 2.36. The Bertz CT molecular complexity index is 593. The highest BCUT2D eigenvalue weighted by atomic mass is 32.1. The molecule has 0 saturated carbocycles. The third kappa shape index (κ3) is 2.76. The predicted octanol–water partition coefficient (Wildman–Crippen LogP) is 2.50. The van der Waals surface area contributed by atoms with E-state index in [1.807, 2.05) is 0 Å². The summed E-state index contributed by atoms with van der Waals surface area (Å²) in [5.41, 5.74) is 6.40. The van der Waals surface area contributed by atoms with Gasteiger partial charge in [0.15, 0.2) is 5.13 Å². The average molecular weight is 291 g/mol. The lowest BCUT2D eigenvalue weighted by Gasteiger charge is -2.23. The maximum atomic E-state index is 13.8. The van der Waals surface area contributed by atoms with E-state index in [0.717, 1.165) is 31.1 Å². The first kappa shape index (κ1) is 13.3. The number of thiazole rings is 1. The van der Waals surface area contributed by atoms with E-state index < -0.39 is 0 Å². The van der Waals surface area contributed by atoms with E-state index >= 15 is 0 Å². The summed E-state index contributed by atoms with van der Waals surface area (Å²) in [6.45, 7) is 2.02. The zero-order valence-corrected chi connectivity index (χ0v) is 11.8. The lowest BCUT2D eigenvalue weighted by molar-refractivity contribution is 0.479. The summed E-state index contributed by atoms with van der Waals surface area (Å²) >= 11 is 1.40. The zero-order valence-electron chi connectivity index (χ0n) is 10.9. The van der Waals surface area contributed by atoms with Crippen LogP contribution in [0.3, 0.4) is 0 Å². The number of aromatic nitrogens is 1. The molecule has 0 amide bonds. The topological polar surface area (TPSA) is 63.0 Å². The summed E-state index contributed by atoms with van der Waals surface area (Å²) in [6.07, 6.45) is 2.12. The Morgan fingerprint density at radius 2 is 2.25 bits per heavy atom. The molecule has 1 radical (unpaired) electrons. The van der Waals surface area contributed by atoms with E-state index in [-0.39, 0.29) is 5.82 Å². The van der Waals surface area contributed by atoms with Crippen molar-refractivity contribution in [2.24, 2.45) is 0 Å². The number of halogens is 1. The molecule has 1 aromatic heterocycles. The quantitative estimate of drug-likeness (QED) is 0.813. The van der Waals surface area contributed by atoms with Crippen LogP contribution in [0.25, 0.3) is 10.4 Å². The number of nitrogens with zero attached hydrogens (tertiary/aromatic N) is 1. The average Bonchev–Trinajstić information content (AvgIpc) is 2.81. The molecule has 3 rings (SSSR count). The lowest BCUT2D eigenvalue weighted by Crippen LogP contribution is -2.35. The lowest BCUT2D eigenvalue weighted by atomic mass is 10.1. The molecule has 4 nitrogen and oxygen atoms in total. The first-order valence-electron chi connectivity index (χ1n) is 6.63. The number of piperidine rings is 1. The summed E-state index contributed by atoms with van der Waals surface area (Å²) in [5.74, 6) is 0.0489. The molecule has 0 spiro atoms. The van der Waals surface area contributed by atoms with Crippen LogP contribution in [0.5, 0.6) is 0 Å². The Labute approximate surface area is 121 Å². The van der Waals surface area contributed by atoms with Crippen molar-refractivity contribution < 1.29 is 4.39 Å². The van der Waals surface area contributed by atoms with Gasteiger partial charge in [-0.05, 0) is 44.1 Å². The minimum atomic E-state index is -0.323. The predicted molar refractivity (Wildman–Crippen MR) is 80.3 cm³/mol. The number of benzene rings is 1. The molecule has 1 aliphatic heterocycles. The van der Waals surface area contributed by atoms with Crippen molar-refractivity contribution in [3.63, 3.8) is 0 Å². The van der Waals surface area contributed by atoms with Gasteiger partial charge in [-0.25, -0.2) is 9.37 Å². The number of nitrogen functional groups attached to an aromatic ring is 1. The monoisotopic (exact) mass is 291 g/mol. The minimum absolute atomic E-state index is 0.323. The first-order chi connectivity index (χ1) is 9.74. The van der Waals surface area contributed by atoms with Crippen LogP contribution in [-0.4, -0.2) is 24.1 Å². The molecule has 0 unspecified atom stereocenters. The molecule has 2 aromatic rings. The van der Waals surface area contributed by atoms with Gasteiger partial charge in [-0.15, -0.1) is 0 Å². The van der Waals surface area contributed by atoms with E-state index in [1.54, 1.807) is 12.1 Å². The maximum absolute atomic E-state index is 13.8. The van der Waals surface area contributed by atoms with E-state index in [1.165, 1.54) is 17.4 Å². The molecule has 1 saturated heterocycles. The molecule has 1 aliphatic rings. The van der Waals surface area contributed by atoms with Gasteiger partial charge in [-0.1, -0.05) is 17.4 Å². The largest absolute Gasteiger partial charge is 0.382 e. The van der Waals surface area contributed by atoms with Crippen molar-refractivity contribution in [2.75, 3.05) is 24.1 Å². The molecule has 4 N–H and O–H groups in total. The number of hydrogen-bond donors (Lipinski definition) is 3. The molecular weight excluding hydrogens is 275 g/mol. The number of anilines is 2. The van der Waals surface area contributed by atoms with E-state index in [9.17, 15) is 4.39 Å². The standard InChI is InChI=1S/C14H16FN4S/c15-11-4-2-1-3-10(11)12-13(16)19-14(20-12)18-9-5-7-17-8-6-9/h1,3-4,9,17H,5-8,16H2,(H,18,19). The Morgan fingerprint density at radius 3 is 3.00 bits per heavy atom. The van der Waals surface area contributed by atoms with Gasteiger partial charge in [-0.3, -0.25) is 0 Å². The van der Waals surface area contributed by atoms with Crippen LogP contribution in [0.1, 0.15) is 12.8 Å². The highest BCUT2D eigenvalue weighted by Gasteiger charge is 2.17.